The van der Waals surface area contributed by atoms with Crippen molar-refractivity contribution in [2.75, 3.05) is 13.2 Å². The van der Waals surface area contributed by atoms with Gasteiger partial charge in [-0.25, -0.2) is 4.79 Å². The summed E-state index contributed by atoms with van der Waals surface area (Å²) in [5, 5.41) is 4.69. The molecule has 0 aliphatic heterocycles. The van der Waals surface area contributed by atoms with Crippen LogP contribution >= 0.6 is 11.6 Å². The van der Waals surface area contributed by atoms with E-state index in [0.29, 0.717) is 24.8 Å². The topological polar surface area (TPSA) is 84.5 Å². The lowest BCUT2D eigenvalue weighted by atomic mass is 9.49. The molecular weight excluding hydrogens is 332 g/mol. The summed E-state index contributed by atoms with van der Waals surface area (Å²) < 4.78 is 5.25. The Balaban J connectivity index is 1.52. The van der Waals surface area contributed by atoms with Gasteiger partial charge in [-0.2, -0.15) is 0 Å². The van der Waals surface area contributed by atoms with Crippen LogP contribution in [-0.4, -0.2) is 35.9 Å². The van der Waals surface area contributed by atoms with Crippen LogP contribution in [0.25, 0.3) is 0 Å². The molecule has 4 rings (SSSR count). The molecule has 7 heteroatoms. The Morgan fingerprint density at radius 1 is 1.17 bits per heavy atom. The second-order valence-corrected chi connectivity index (χ2v) is 8.57. The monoisotopic (exact) mass is 356 g/mol. The molecule has 2 N–H and O–H groups in total. The molecule has 4 aliphatic rings. The van der Waals surface area contributed by atoms with Crippen LogP contribution in [0.5, 0.6) is 0 Å². The molecule has 0 aromatic heterocycles. The van der Waals surface area contributed by atoms with Gasteiger partial charge in [0.2, 0.25) is 0 Å². The molecule has 2 unspecified atom stereocenters. The molecule has 4 saturated carbocycles. The van der Waals surface area contributed by atoms with Crippen LogP contribution in [0, 0.1) is 17.3 Å². The maximum atomic E-state index is 12.6. The van der Waals surface area contributed by atoms with E-state index in [1.165, 1.54) is 0 Å². The zero-order chi connectivity index (χ0) is 17.4. The van der Waals surface area contributed by atoms with Gasteiger partial charge in [0.15, 0.2) is 6.61 Å². The molecule has 0 aromatic carbocycles. The number of hydrogen-bond acceptors (Lipinski definition) is 4. The number of hydrogen-bond donors (Lipinski definition) is 2. The summed E-state index contributed by atoms with van der Waals surface area (Å²) in [6.07, 6.45) is 6.18. The standard InChI is InChI=1S/C17H25ClN2O4/c1-2-3-19-15(23)20-13(21)9-24-14(22)16-5-11-4-12(6-16)8-17(18,7-11)10-16/h11-12H,2-10H2,1H3,(H2,19,20,21,23). The van der Waals surface area contributed by atoms with E-state index in [4.69, 9.17) is 16.3 Å². The van der Waals surface area contributed by atoms with Gasteiger partial charge in [0.05, 0.1) is 5.41 Å². The Kier molecular flexibility index (Phi) is 4.78. The third-order valence-electron chi connectivity index (χ3n) is 5.55. The molecule has 6 nitrogen and oxygen atoms in total. The first kappa shape index (κ1) is 17.5. The van der Waals surface area contributed by atoms with Crippen LogP contribution in [0.15, 0.2) is 0 Å². The van der Waals surface area contributed by atoms with Crippen molar-refractivity contribution in [2.24, 2.45) is 17.3 Å². The zero-order valence-corrected chi connectivity index (χ0v) is 14.8. The Morgan fingerprint density at radius 3 is 2.42 bits per heavy atom. The molecule has 3 amide bonds. The van der Waals surface area contributed by atoms with Crippen LogP contribution in [0.4, 0.5) is 4.79 Å². The number of carbonyl (C=O) groups is 3. The Bertz CT molecular complexity index is 537. The first-order valence-corrected chi connectivity index (χ1v) is 9.16. The summed E-state index contributed by atoms with van der Waals surface area (Å²) >= 11 is 6.70. The van der Waals surface area contributed by atoms with Gasteiger partial charge < -0.3 is 10.1 Å². The molecule has 0 heterocycles. The van der Waals surface area contributed by atoms with E-state index < -0.39 is 24.0 Å². The smallest absolute Gasteiger partial charge is 0.321 e. The minimum absolute atomic E-state index is 0.272. The fraction of sp³-hybridized carbons (Fsp3) is 0.824. The minimum Gasteiger partial charge on any atom is -0.455 e. The molecule has 134 valence electrons. The van der Waals surface area contributed by atoms with Crippen LogP contribution in [-0.2, 0) is 14.3 Å². The maximum absolute atomic E-state index is 12.6. The number of nitrogens with one attached hydrogen (secondary N) is 2. The molecule has 4 aliphatic carbocycles. The normalized spacial score (nSPS) is 36.2. The molecule has 4 fully saturated rings. The number of esters is 1. The highest BCUT2D eigenvalue weighted by Gasteiger charge is 2.60. The number of imide groups is 1. The quantitative estimate of drug-likeness (QED) is 0.585. The largest absolute Gasteiger partial charge is 0.455 e. The maximum Gasteiger partial charge on any atom is 0.321 e. The lowest BCUT2D eigenvalue weighted by molar-refractivity contribution is -0.171. The highest BCUT2D eigenvalue weighted by Crippen LogP contribution is 2.64. The molecule has 24 heavy (non-hydrogen) atoms. The van der Waals surface area contributed by atoms with Crippen molar-refractivity contribution in [3.05, 3.63) is 0 Å². The number of alkyl halides is 1. The van der Waals surface area contributed by atoms with Crippen molar-refractivity contribution in [3.8, 4) is 0 Å². The Labute approximate surface area is 147 Å². The van der Waals surface area contributed by atoms with Crippen molar-refractivity contribution < 1.29 is 19.1 Å². The fourth-order valence-corrected chi connectivity index (χ4v) is 5.81. The Morgan fingerprint density at radius 2 is 1.83 bits per heavy atom. The summed E-state index contributed by atoms with van der Waals surface area (Å²) in [4.78, 5) is 35.5. The van der Waals surface area contributed by atoms with Gasteiger partial charge in [0.1, 0.15) is 0 Å². The second-order valence-electron chi connectivity index (χ2n) is 7.77. The van der Waals surface area contributed by atoms with Crippen LogP contribution in [0.1, 0.15) is 51.9 Å². The van der Waals surface area contributed by atoms with Crippen molar-refractivity contribution in [2.45, 2.75) is 56.7 Å². The summed E-state index contributed by atoms with van der Waals surface area (Å²) in [7, 11) is 0. The van der Waals surface area contributed by atoms with Gasteiger partial charge in [-0.05, 0) is 56.8 Å². The average molecular weight is 357 g/mol. The molecule has 0 saturated heterocycles. The van der Waals surface area contributed by atoms with Gasteiger partial charge in [-0.1, -0.05) is 6.92 Å². The molecule has 2 atom stereocenters. The Hall–Kier alpha value is -1.30. The lowest BCUT2D eigenvalue weighted by Gasteiger charge is -2.58. The van der Waals surface area contributed by atoms with E-state index in [9.17, 15) is 14.4 Å². The number of halogens is 1. The van der Waals surface area contributed by atoms with Gasteiger partial charge in [0, 0.05) is 11.4 Å². The molecule has 0 radical (unpaired) electrons. The number of rotatable bonds is 5. The van der Waals surface area contributed by atoms with Crippen molar-refractivity contribution in [1.29, 1.82) is 0 Å². The third kappa shape index (κ3) is 3.53. The van der Waals surface area contributed by atoms with Crippen molar-refractivity contribution >= 4 is 29.5 Å². The van der Waals surface area contributed by atoms with Crippen LogP contribution < -0.4 is 10.6 Å². The lowest BCUT2D eigenvalue weighted by Crippen LogP contribution is -2.56. The van der Waals surface area contributed by atoms with Crippen LogP contribution in [0.2, 0.25) is 0 Å². The fourth-order valence-electron chi connectivity index (χ4n) is 5.12. The van der Waals surface area contributed by atoms with Gasteiger partial charge in [0.25, 0.3) is 5.91 Å². The highest BCUT2D eigenvalue weighted by atomic mass is 35.5. The molecule has 0 spiro atoms. The van der Waals surface area contributed by atoms with Gasteiger partial charge >= 0.3 is 12.0 Å². The second kappa shape index (κ2) is 6.54. The van der Waals surface area contributed by atoms with E-state index >= 15 is 0 Å². The minimum atomic E-state index is -0.609. The summed E-state index contributed by atoms with van der Waals surface area (Å²) in [6, 6.07) is -0.563. The predicted molar refractivity (Wildman–Crippen MR) is 88.5 cm³/mol. The number of ether oxygens (including phenoxy) is 1. The average Bonchev–Trinajstić information content (AvgIpc) is 2.48. The van der Waals surface area contributed by atoms with Crippen molar-refractivity contribution in [1.82, 2.24) is 10.6 Å². The van der Waals surface area contributed by atoms with E-state index in [-0.39, 0.29) is 10.8 Å². The van der Waals surface area contributed by atoms with E-state index in [2.05, 4.69) is 10.6 Å². The number of urea groups is 1. The van der Waals surface area contributed by atoms with E-state index in [1.807, 2.05) is 6.92 Å². The molecule has 4 bridgehead atoms. The summed E-state index contributed by atoms with van der Waals surface area (Å²) in [6.45, 7) is 1.98. The summed E-state index contributed by atoms with van der Waals surface area (Å²) in [5.41, 5.74) is -0.531. The van der Waals surface area contributed by atoms with Gasteiger partial charge in [-0.3, -0.25) is 14.9 Å². The predicted octanol–water partition coefficient (Wildman–Crippen LogP) is 2.34. The SMILES string of the molecule is CCCNC(=O)NC(=O)COC(=O)C12CC3CC(CC(Cl)(C3)C1)C2. The molecule has 0 aromatic rings. The highest BCUT2D eigenvalue weighted by molar-refractivity contribution is 6.24. The van der Waals surface area contributed by atoms with Crippen LogP contribution in [0.3, 0.4) is 0 Å². The van der Waals surface area contributed by atoms with E-state index in [1.54, 1.807) is 0 Å². The van der Waals surface area contributed by atoms with Gasteiger partial charge in [-0.15, -0.1) is 11.6 Å². The zero-order valence-electron chi connectivity index (χ0n) is 14.0. The molecular formula is C17H25ClN2O4. The summed E-state index contributed by atoms with van der Waals surface area (Å²) in [5.74, 6) is 0.0444. The first-order chi connectivity index (χ1) is 11.3. The first-order valence-electron chi connectivity index (χ1n) is 8.78. The third-order valence-corrected chi connectivity index (χ3v) is 5.99. The number of carbonyl (C=O) groups excluding carboxylic acids is 3. The van der Waals surface area contributed by atoms with E-state index in [0.717, 1.165) is 38.5 Å². The number of amides is 3. The van der Waals surface area contributed by atoms with Crippen molar-refractivity contribution in [3.63, 3.8) is 0 Å².